The molecule has 2 N–H and O–H groups in total. The van der Waals surface area contributed by atoms with Crippen LogP contribution in [0.1, 0.15) is 22.5 Å². The first-order chi connectivity index (χ1) is 12.5. The number of aromatic nitrogens is 2. The Morgan fingerprint density at radius 3 is 2.54 bits per heavy atom. The topological polar surface area (TPSA) is 67.2 Å². The van der Waals surface area contributed by atoms with E-state index in [1.54, 1.807) is 18.2 Å². The van der Waals surface area contributed by atoms with Gasteiger partial charge >= 0.3 is 0 Å². The number of phenols is 1. The van der Waals surface area contributed by atoms with Gasteiger partial charge in [0.15, 0.2) is 0 Å². The minimum atomic E-state index is -0.116. The van der Waals surface area contributed by atoms with Crippen molar-refractivity contribution < 1.29 is 9.90 Å². The number of halogens is 1. The summed E-state index contributed by atoms with van der Waals surface area (Å²) in [6, 6.07) is 14.4. The van der Waals surface area contributed by atoms with Crippen LogP contribution in [0.5, 0.6) is 5.75 Å². The van der Waals surface area contributed by atoms with Crippen molar-refractivity contribution in [3.05, 3.63) is 76.1 Å². The van der Waals surface area contributed by atoms with Gasteiger partial charge in [-0.2, -0.15) is 5.10 Å². The Labute approximate surface area is 157 Å². The second-order valence-electron chi connectivity index (χ2n) is 6.12. The fourth-order valence-electron chi connectivity index (χ4n) is 2.84. The monoisotopic (exact) mass is 369 g/mol. The number of aromatic hydroxyl groups is 1. The Hall–Kier alpha value is -2.79. The van der Waals surface area contributed by atoms with Gasteiger partial charge in [0.05, 0.1) is 17.8 Å². The number of nitrogens with one attached hydrogen (secondary N) is 1. The fraction of sp³-hybridized carbons (Fsp3) is 0.200. The predicted molar refractivity (Wildman–Crippen MR) is 102 cm³/mol. The lowest BCUT2D eigenvalue weighted by Gasteiger charge is -2.08. The molecule has 134 valence electrons. The van der Waals surface area contributed by atoms with E-state index in [1.807, 2.05) is 48.9 Å². The quantitative estimate of drug-likeness (QED) is 0.720. The van der Waals surface area contributed by atoms with E-state index >= 15 is 0 Å². The van der Waals surface area contributed by atoms with Crippen molar-refractivity contribution in [2.24, 2.45) is 0 Å². The van der Waals surface area contributed by atoms with Gasteiger partial charge in [-0.1, -0.05) is 29.8 Å². The van der Waals surface area contributed by atoms with Gasteiger partial charge in [0.25, 0.3) is 0 Å². The zero-order valence-corrected chi connectivity index (χ0v) is 15.4. The summed E-state index contributed by atoms with van der Waals surface area (Å²) in [5.74, 6) is 0.0610. The molecule has 1 heterocycles. The van der Waals surface area contributed by atoms with Gasteiger partial charge < -0.3 is 10.4 Å². The maximum atomic E-state index is 12.3. The van der Waals surface area contributed by atoms with Crippen LogP contribution >= 0.6 is 11.6 Å². The highest BCUT2D eigenvalue weighted by atomic mass is 35.5. The molecule has 3 rings (SSSR count). The normalized spacial score (nSPS) is 10.7. The molecule has 26 heavy (non-hydrogen) atoms. The summed E-state index contributed by atoms with van der Waals surface area (Å²) in [6.45, 7) is 4.13. The van der Waals surface area contributed by atoms with Crippen molar-refractivity contribution in [1.29, 1.82) is 0 Å². The van der Waals surface area contributed by atoms with Crippen LogP contribution in [0.25, 0.3) is 5.69 Å². The largest absolute Gasteiger partial charge is 0.508 e. The van der Waals surface area contributed by atoms with Crippen molar-refractivity contribution >= 4 is 17.5 Å². The van der Waals surface area contributed by atoms with Gasteiger partial charge in [0, 0.05) is 28.4 Å². The molecular formula is C20H20ClN3O2. The van der Waals surface area contributed by atoms with Gasteiger partial charge in [-0.05, 0) is 44.2 Å². The Balaban J connectivity index is 1.72. The van der Waals surface area contributed by atoms with Crippen LogP contribution in [0.3, 0.4) is 0 Å². The van der Waals surface area contributed by atoms with E-state index in [0.717, 1.165) is 22.6 Å². The fourth-order valence-corrected chi connectivity index (χ4v) is 2.97. The van der Waals surface area contributed by atoms with Crippen molar-refractivity contribution in [3.8, 4) is 11.4 Å². The average molecular weight is 370 g/mol. The van der Waals surface area contributed by atoms with E-state index in [0.29, 0.717) is 10.6 Å². The number of phenolic OH excluding ortho intramolecular Hbond substituents is 1. The van der Waals surface area contributed by atoms with E-state index in [2.05, 4.69) is 10.4 Å². The summed E-state index contributed by atoms with van der Waals surface area (Å²) in [4.78, 5) is 12.3. The number of para-hydroxylation sites is 1. The van der Waals surface area contributed by atoms with Crippen LogP contribution in [-0.2, 0) is 17.8 Å². The summed E-state index contributed by atoms with van der Waals surface area (Å²) < 4.78 is 1.82. The number of hydrogen-bond donors (Lipinski definition) is 2. The number of amides is 1. The van der Waals surface area contributed by atoms with E-state index in [9.17, 15) is 9.90 Å². The van der Waals surface area contributed by atoms with Gasteiger partial charge in [-0.3, -0.25) is 4.79 Å². The predicted octanol–water partition coefficient (Wildman–Crippen LogP) is 3.71. The molecule has 0 aliphatic rings. The van der Waals surface area contributed by atoms with Crippen LogP contribution in [0.4, 0.5) is 0 Å². The molecule has 1 amide bonds. The highest BCUT2D eigenvalue weighted by molar-refractivity contribution is 6.30. The van der Waals surface area contributed by atoms with Crippen LogP contribution < -0.4 is 5.32 Å². The van der Waals surface area contributed by atoms with E-state index in [4.69, 9.17) is 11.6 Å². The molecule has 5 nitrogen and oxygen atoms in total. The van der Waals surface area contributed by atoms with E-state index in [1.165, 1.54) is 0 Å². The van der Waals surface area contributed by atoms with Gasteiger partial charge in [-0.25, -0.2) is 4.68 Å². The molecule has 0 radical (unpaired) electrons. The summed E-state index contributed by atoms with van der Waals surface area (Å²) >= 11 is 5.94. The molecular weight excluding hydrogens is 350 g/mol. The van der Waals surface area contributed by atoms with Gasteiger partial charge in [0.1, 0.15) is 5.75 Å². The van der Waals surface area contributed by atoms with Crippen LogP contribution in [0.15, 0.2) is 48.5 Å². The lowest BCUT2D eigenvalue weighted by atomic mass is 10.1. The molecule has 0 atom stereocenters. The Morgan fingerprint density at radius 2 is 1.85 bits per heavy atom. The maximum Gasteiger partial charge on any atom is 0.224 e. The molecule has 0 bridgehead atoms. The summed E-state index contributed by atoms with van der Waals surface area (Å²) in [6.07, 6.45) is 0.235. The Bertz CT molecular complexity index is 933. The molecule has 0 saturated carbocycles. The number of benzene rings is 2. The third-order valence-electron chi connectivity index (χ3n) is 4.32. The SMILES string of the molecule is Cc1nn(-c2ccc(Cl)cc2)c(C)c1CC(=O)NCc1ccccc1O. The summed E-state index contributed by atoms with van der Waals surface area (Å²) in [5, 5.41) is 17.8. The number of rotatable bonds is 5. The highest BCUT2D eigenvalue weighted by Crippen LogP contribution is 2.20. The summed E-state index contributed by atoms with van der Waals surface area (Å²) in [5.41, 5.74) is 4.22. The molecule has 0 aliphatic carbocycles. The zero-order chi connectivity index (χ0) is 18.7. The molecule has 0 aliphatic heterocycles. The van der Waals surface area contributed by atoms with Crippen LogP contribution in [-0.4, -0.2) is 20.8 Å². The van der Waals surface area contributed by atoms with Crippen molar-refractivity contribution in [2.45, 2.75) is 26.8 Å². The molecule has 6 heteroatoms. The van der Waals surface area contributed by atoms with Crippen molar-refractivity contribution in [1.82, 2.24) is 15.1 Å². The lowest BCUT2D eigenvalue weighted by molar-refractivity contribution is -0.120. The first-order valence-electron chi connectivity index (χ1n) is 8.30. The lowest BCUT2D eigenvalue weighted by Crippen LogP contribution is -2.25. The summed E-state index contributed by atoms with van der Waals surface area (Å²) in [7, 11) is 0. The molecule has 3 aromatic rings. The Kier molecular flexibility index (Phi) is 5.28. The zero-order valence-electron chi connectivity index (χ0n) is 14.7. The number of hydrogen-bond acceptors (Lipinski definition) is 3. The minimum Gasteiger partial charge on any atom is -0.508 e. The molecule has 1 aromatic heterocycles. The van der Waals surface area contributed by atoms with E-state index in [-0.39, 0.29) is 24.6 Å². The molecule has 0 spiro atoms. The van der Waals surface area contributed by atoms with Crippen molar-refractivity contribution in [3.63, 3.8) is 0 Å². The van der Waals surface area contributed by atoms with Crippen LogP contribution in [0, 0.1) is 13.8 Å². The first kappa shape index (κ1) is 18.0. The van der Waals surface area contributed by atoms with Crippen LogP contribution in [0.2, 0.25) is 5.02 Å². The third-order valence-corrected chi connectivity index (χ3v) is 4.57. The minimum absolute atomic E-state index is 0.116. The van der Waals surface area contributed by atoms with Crippen molar-refractivity contribution in [2.75, 3.05) is 0 Å². The molecule has 0 fully saturated rings. The Morgan fingerprint density at radius 1 is 1.15 bits per heavy atom. The smallest absolute Gasteiger partial charge is 0.224 e. The first-order valence-corrected chi connectivity index (χ1v) is 8.68. The number of carbonyl (C=O) groups is 1. The van der Waals surface area contributed by atoms with Gasteiger partial charge in [0.2, 0.25) is 5.91 Å². The average Bonchev–Trinajstić information content (AvgIpc) is 2.90. The standard InChI is InChI=1S/C20H20ClN3O2/c1-13-18(11-20(26)22-12-15-5-3-4-6-19(15)25)14(2)24(23-13)17-9-7-16(21)8-10-17/h3-10,25H,11-12H2,1-2H3,(H,22,26). The van der Waals surface area contributed by atoms with Gasteiger partial charge in [-0.15, -0.1) is 0 Å². The molecule has 0 saturated heterocycles. The second kappa shape index (κ2) is 7.62. The third kappa shape index (κ3) is 3.89. The molecule has 0 unspecified atom stereocenters. The van der Waals surface area contributed by atoms with E-state index < -0.39 is 0 Å². The number of aryl methyl sites for hydroxylation is 1. The number of nitrogens with zero attached hydrogens (tertiary/aromatic N) is 2. The number of carbonyl (C=O) groups excluding carboxylic acids is 1. The highest BCUT2D eigenvalue weighted by Gasteiger charge is 2.16. The maximum absolute atomic E-state index is 12.3. The second-order valence-corrected chi connectivity index (χ2v) is 6.56. The molecule has 2 aromatic carbocycles.